The van der Waals surface area contributed by atoms with Gasteiger partial charge in [-0.2, -0.15) is 0 Å². The number of rotatable bonds is 5. The summed E-state index contributed by atoms with van der Waals surface area (Å²) in [6, 6.07) is 4.99. The molecule has 0 radical (unpaired) electrons. The van der Waals surface area contributed by atoms with Gasteiger partial charge in [0.15, 0.2) is 0 Å². The van der Waals surface area contributed by atoms with Crippen LogP contribution >= 0.6 is 0 Å². The Hall–Kier alpha value is -0.950. The quantitative estimate of drug-likeness (QED) is 0.721. The Balaban J connectivity index is 3.15. The summed E-state index contributed by atoms with van der Waals surface area (Å²) in [6.07, 6.45) is 0. The predicted molar refractivity (Wildman–Crippen MR) is 68.8 cm³/mol. The van der Waals surface area contributed by atoms with Gasteiger partial charge in [-0.25, -0.2) is 13.1 Å². The van der Waals surface area contributed by atoms with Crippen LogP contribution in [0.3, 0.4) is 0 Å². The lowest BCUT2D eigenvalue weighted by Crippen LogP contribution is -2.51. The first kappa shape index (κ1) is 15.1. The van der Waals surface area contributed by atoms with Crippen LogP contribution in [0.5, 0.6) is 0 Å². The van der Waals surface area contributed by atoms with Crippen molar-refractivity contribution < 1.29 is 18.6 Å². The largest absolute Gasteiger partial charge is 0.394 e. The fraction of sp³-hybridized carbons (Fsp3) is 0.500. The van der Waals surface area contributed by atoms with Crippen LogP contribution in [0.2, 0.25) is 0 Å². The minimum atomic E-state index is -3.76. The van der Waals surface area contributed by atoms with Crippen molar-refractivity contribution in [1.82, 2.24) is 4.72 Å². The highest BCUT2D eigenvalue weighted by molar-refractivity contribution is 7.89. The van der Waals surface area contributed by atoms with Crippen molar-refractivity contribution in [3.05, 3.63) is 29.3 Å². The SMILES string of the molecule is Cc1ccc(S(=O)(=O)NC(C)(CO)CO)c(C)c1. The van der Waals surface area contributed by atoms with Crippen molar-refractivity contribution in [3.8, 4) is 0 Å². The van der Waals surface area contributed by atoms with Crippen molar-refractivity contribution in [2.24, 2.45) is 0 Å². The molecule has 18 heavy (non-hydrogen) atoms. The highest BCUT2D eigenvalue weighted by Crippen LogP contribution is 2.18. The molecule has 1 aromatic carbocycles. The van der Waals surface area contributed by atoms with Gasteiger partial charge in [0.2, 0.25) is 10.0 Å². The molecule has 0 saturated heterocycles. The molecule has 102 valence electrons. The summed E-state index contributed by atoms with van der Waals surface area (Å²) in [4.78, 5) is 0.154. The number of nitrogens with one attached hydrogen (secondary N) is 1. The summed E-state index contributed by atoms with van der Waals surface area (Å²) in [7, 11) is -3.76. The lowest BCUT2D eigenvalue weighted by atomic mass is 10.1. The number of hydrogen-bond acceptors (Lipinski definition) is 4. The van der Waals surface area contributed by atoms with Gasteiger partial charge < -0.3 is 10.2 Å². The monoisotopic (exact) mass is 273 g/mol. The third-order valence-corrected chi connectivity index (χ3v) is 4.50. The maximum absolute atomic E-state index is 12.2. The third kappa shape index (κ3) is 3.29. The van der Waals surface area contributed by atoms with E-state index >= 15 is 0 Å². The topological polar surface area (TPSA) is 86.6 Å². The third-order valence-electron chi connectivity index (χ3n) is 2.70. The van der Waals surface area contributed by atoms with Gasteiger partial charge in [-0.05, 0) is 32.4 Å². The van der Waals surface area contributed by atoms with Crippen LogP contribution in [0.4, 0.5) is 0 Å². The Kier molecular flexibility index (Phi) is 4.50. The molecule has 0 aliphatic rings. The molecule has 1 aromatic rings. The van der Waals surface area contributed by atoms with Gasteiger partial charge in [0, 0.05) is 0 Å². The second kappa shape index (κ2) is 5.36. The Morgan fingerprint density at radius 3 is 2.22 bits per heavy atom. The highest BCUT2D eigenvalue weighted by atomic mass is 32.2. The molecule has 0 bridgehead atoms. The predicted octanol–water partition coefficient (Wildman–Crippen LogP) is 0.325. The normalized spacial score (nSPS) is 12.7. The molecule has 5 nitrogen and oxygen atoms in total. The molecule has 1 rings (SSSR count). The highest BCUT2D eigenvalue weighted by Gasteiger charge is 2.30. The minimum absolute atomic E-state index is 0.154. The van der Waals surface area contributed by atoms with Crippen molar-refractivity contribution in [1.29, 1.82) is 0 Å². The molecule has 0 aliphatic heterocycles. The summed E-state index contributed by atoms with van der Waals surface area (Å²) in [5.74, 6) is 0. The van der Waals surface area contributed by atoms with Gasteiger partial charge in [0.1, 0.15) is 0 Å². The van der Waals surface area contributed by atoms with Crippen molar-refractivity contribution in [2.75, 3.05) is 13.2 Å². The minimum Gasteiger partial charge on any atom is -0.394 e. The Labute approximate surface area is 108 Å². The molecular formula is C12H19NO4S. The van der Waals surface area contributed by atoms with Crippen LogP contribution in [-0.4, -0.2) is 37.4 Å². The summed E-state index contributed by atoms with van der Waals surface area (Å²) < 4.78 is 26.6. The fourth-order valence-corrected chi connectivity index (χ4v) is 3.21. The maximum atomic E-state index is 12.2. The molecular weight excluding hydrogens is 254 g/mol. The molecule has 3 N–H and O–H groups in total. The number of sulfonamides is 1. The maximum Gasteiger partial charge on any atom is 0.241 e. The standard InChI is InChI=1S/C12H19NO4S/c1-9-4-5-11(10(2)6-9)18(16,17)13-12(3,7-14)8-15/h4-6,13-15H,7-8H2,1-3H3. The Morgan fingerprint density at radius 1 is 1.22 bits per heavy atom. The molecule has 0 unspecified atom stereocenters. The zero-order valence-electron chi connectivity index (χ0n) is 10.8. The Bertz CT molecular complexity index is 521. The fourth-order valence-electron chi connectivity index (χ4n) is 1.59. The van der Waals surface area contributed by atoms with Crippen LogP contribution in [-0.2, 0) is 10.0 Å². The van der Waals surface area contributed by atoms with Gasteiger partial charge >= 0.3 is 0 Å². The summed E-state index contributed by atoms with van der Waals surface area (Å²) in [5, 5.41) is 18.2. The smallest absolute Gasteiger partial charge is 0.241 e. The van der Waals surface area contributed by atoms with Crippen LogP contribution < -0.4 is 4.72 Å². The van der Waals surface area contributed by atoms with Crippen molar-refractivity contribution >= 4 is 10.0 Å². The van der Waals surface area contributed by atoms with E-state index in [2.05, 4.69) is 4.72 Å². The van der Waals surface area contributed by atoms with E-state index in [9.17, 15) is 8.42 Å². The first-order valence-electron chi connectivity index (χ1n) is 5.57. The summed E-state index contributed by atoms with van der Waals surface area (Å²) in [6.45, 7) is 4.06. The van der Waals surface area contributed by atoms with E-state index in [1.54, 1.807) is 19.1 Å². The van der Waals surface area contributed by atoms with E-state index in [1.807, 2.05) is 6.92 Å². The van der Waals surface area contributed by atoms with E-state index in [0.717, 1.165) is 5.56 Å². The van der Waals surface area contributed by atoms with Gasteiger partial charge in [-0.15, -0.1) is 0 Å². The zero-order valence-corrected chi connectivity index (χ0v) is 11.6. The molecule has 0 saturated carbocycles. The van der Waals surface area contributed by atoms with Gasteiger partial charge in [0.25, 0.3) is 0 Å². The second-order valence-corrected chi connectivity index (χ2v) is 6.40. The van der Waals surface area contributed by atoms with E-state index in [0.29, 0.717) is 5.56 Å². The van der Waals surface area contributed by atoms with Crippen LogP contribution in [0.15, 0.2) is 23.1 Å². The van der Waals surface area contributed by atoms with Gasteiger partial charge in [-0.3, -0.25) is 0 Å². The van der Waals surface area contributed by atoms with Crippen LogP contribution in [0, 0.1) is 13.8 Å². The molecule has 0 fully saturated rings. The summed E-state index contributed by atoms with van der Waals surface area (Å²) >= 11 is 0. The zero-order chi connectivity index (χ0) is 14.0. The molecule has 0 heterocycles. The van der Waals surface area contributed by atoms with E-state index in [1.165, 1.54) is 13.0 Å². The number of benzene rings is 1. The van der Waals surface area contributed by atoms with E-state index in [-0.39, 0.29) is 4.90 Å². The van der Waals surface area contributed by atoms with Crippen LogP contribution in [0.25, 0.3) is 0 Å². The average Bonchev–Trinajstić information content (AvgIpc) is 2.27. The summed E-state index contributed by atoms with van der Waals surface area (Å²) in [5.41, 5.74) is 0.329. The molecule has 0 amide bonds. The van der Waals surface area contributed by atoms with Gasteiger partial charge in [0.05, 0.1) is 23.6 Å². The van der Waals surface area contributed by atoms with Crippen molar-refractivity contribution in [3.63, 3.8) is 0 Å². The number of aliphatic hydroxyl groups excluding tert-OH is 2. The van der Waals surface area contributed by atoms with Gasteiger partial charge in [-0.1, -0.05) is 17.7 Å². The lowest BCUT2D eigenvalue weighted by molar-refractivity contribution is 0.121. The molecule has 0 atom stereocenters. The number of aliphatic hydroxyl groups is 2. The van der Waals surface area contributed by atoms with Crippen molar-refractivity contribution in [2.45, 2.75) is 31.2 Å². The molecule has 0 aliphatic carbocycles. The van der Waals surface area contributed by atoms with E-state index in [4.69, 9.17) is 10.2 Å². The first-order valence-corrected chi connectivity index (χ1v) is 7.05. The Morgan fingerprint density at radius 2 is 1.78 bits per heavy atom. The molecule has 0 spiro atoms. The average molecular weight is 273 g/mol. The lowest BCUT2D eigenvalue weighted by Gasteiger charge is -2.26. The number of aryl methyl sites for hydroxylation is 2. The first-order chi connectivity index (χ1) is 8.24. The van der Waals surface area contributed by atoms with Crippen LogP contribution in [0.1, 0.15) is 18.1 Å². The number of hydrogen-bond donors (Lipinski definition) is 3. The molecule has 6 heteroatoms. The van der Waals surface area contributed by atoms with E-state index < -0.39 is 28.8 Å². The molecule has 0 aromatic heterocycles. The second-order valence-electron chi connectivity index (χ2n) is 4.75.